The largest absolute Gasteiger partial charge is 0.378 e. The van der Waals surface area contributed by atoms with Gasteiger partial charge in [-0.2, -0.15) is 5.10 Å². The van der Waals surface area contributed by atoms with E-state index in [2.05, 4.69) is 56.6 Å². The Bertz CT molecular complexity index is 738. The van der Waals surface area contributed by atoms with E-state index in [9.17, 15) is 0 Å². The summed E-state index contributed by atoms with van der Waals surface area (Å²) in [5.41, 5.74) is 6.49. The zero-order valence-electron chi connectivity index (χ0n) is 16.3. The lowest BCUT2D eigenvalue weighted by Crippen LogP contribution is -2.36. The smallest absolute Gasteiger partial charge is 0.151 e. The standard InChI is InChI=1S/C21H29N5O/c1-3-4-5-6-18-7-9-19(10-8-18)17(2)24-25-20-15-21(23-16-22-20)26-11-13-27-14-12-26/h7-10,15-16H,3-6,11-14H2,1-2H3,(H,22,23,25)/b24-17+. The first kappa shape index (κ1) is 19.3. The summed E-state index contributed by atoms with van der Waals surface area (Å²) in [7, 11) is 0. The van der Waals surface area contributed by atoms with Crippen LogP contribution in [0.4, 0.5) is 11.6 Å². The molecule has 2 aromatic rings. The van der Waals surface area contributed by atoms with Gasteiger partial charge >= 0.3 is 0 Å². The van der Waals surface area contributed by atoms with Gasteiger partial charge in [0.1, 0.15) is 12.1 Å². The van der Waals surface area contributed by atoms with Gasteiger partial charge < -0.3 is 9.64 Å². The summed E-state index contributed by atoms with van der Waals surface area (Å²) >= 11 is 0. The van der Waals surface area contributed by atoms with Gasteiger partial charge in [-0.3, -0.25) is 5.43 Å². The molecule has 1 aliphatic rings. The van der Waals surface area contributed by atoms with E-state index in [1.807, 2.05) is 13.0 Å². The van der Waals surface area contributed by atoms with Crippen molar-refractivity contribution in [3.05, 3.63) is 47.8 Å². The van der Waals surface area contributed by atoms with Gasteiger partial charge in [0.25, 0.3) is 0 Å². The average molecular weight is 367 g/mol. The molecule has 0 atom stereocenters. The minimum absolute atomic E-state index is 0.696. The number of anilines is 2. The second-order valence-electron chi connectivity index (χ2n) is 6.82. The molecule has 0 amide bonds. The third-order valence-corrected chi connectivity index (χ3v) is 4.77. The third-order valence-electron chi connectivity index (χ3n) is 4.77. The molecule has 0 unspecified atom stereocenters. The Kier molecular flexibility index (Phi) is 7.16. The highest BCUT2D eigenvalue weighted by molar-refractivity contribution is 5.99. The van der Waals surface area contributed by atoms with Crippen molar-refractivity contribution >= 4 is 17.3 Å². The highest BCUT2D eigenvalue weighted by Gasteiger charge is 2.12. The van der Waals surface area contributed by atoms with E-state index in [0.717, 1.165) is 49.8 Å². The molecular weight excluding hydrogens is 338 g/mol. The lowest BCUT2D eigenvalue weighted by Gasteiger charge is -2.27. The molecule has 1 N–H and O–H groups in total. The van der Waals surface area contributed by atoms with E-state index in [1.165, 1.54) is 24.8 Å². The van der Waals surface area contributed by atoms with Gasteiger partial charge in [-0.15, -0.1) is 0 Å². The Labute approximate surface area is 161 Å². The highest BCUT2D eigenvalue weighted by Crippen LogP contribution is 2.16. The predicted octanol–water partition coefficient (Wildman–Crippen LogP) is 3.88. The molecule has 2 heterocycles. The van der Waals surface area contributed by atoms with E-state index in [1.54, 1.807) is 6.33 Å². The van der Waals surface area contributed by atoms with Gasteiger partial charge in [0.2, 0.25) is 0 Å². The van der Waals surface area contributed by atoms with E-state index < -0.39 is 0 Å². The highest BCUT2D eigenvalue weighted by atomic mass is 16.5. The lowest BCUT2D eigenvalue weighted by atomic mass is 10.0. The van der Waals surface area contributed by atoms with Crippen molar-refractivity contribution in [2.45, 2.75) is 39.5 Å². The molecule has 1 aromatic heterocycles. The van der Waals surface area contributed by atoms with Crippen LogP contribution in [0.15, 0.2) is 41.8 Å². The van der Waals surface area contributed by atoms with Crippen molar-refractivity contribution in [3.8, 4) is 0 Å². The minimum atomic E-state index is 0.696. The number of hydrogen-bond donors (Lipinski definition) is 1. The Morgan fingerprint density at radius 3 is 2.67 bits per heavy atom. The summed E-state index contributed by atoms with van der Waals surface area (Å²) in [6.45, 7) is 7.41. The zero-order valence-corrected chi connectivity index (χ0v) is 16.3. The van der Waals surface area contributed by atoms with Crippen LogP contribution < -0.4 is 10.3 Å². The van der Waals surface area contributed by atoms with Crippen LogP contribution in [0.1, 0.15) is 44.2 Å². The molecule has 3 rings (SSSR count). The summed E-state index contributed by atoms with van der Waals surface area (Å²) in [6, 6.07) is 10.6. The minimum Gasteiger partial charge on any atom is -0.378 e. The number of nitrogens with zero attached hydrogens (tertiary/aromatic N) is 4. The van der Waals surface area contributed by atoms with Crippen molar-refractivity contribution in [1.29, 1.82) is 0 Å². The lowest BCUT2D eigenvalue weighted by molar-refractivity contribution is 0.122. The average Bonchev–Trinajstić information content (AvgIpc) is 2.73. The number of rotatable bonds is 8. The number of unbranched alkanes of at least 4 members (excludes halogenated alkanes) is 2. The second kappa shape index (κ2) is 10.0. The molecule has 27 heavy (non-hydrogen) atoms. The van der Waals surface area contributed by atoms with E-state index in [4.69, 9.17) is 4.74 Å². The molecule has 1 saturated heterocycles. The molecule has 0 saturated carbocycles. The third kappa shape index (κ3) is 5.76. The van der Waals surface area contributed by atoms with Gasteiger partial charge in [-0.25, -0.2) is 9.97 Å². The zero-order chi connectivity index (χ0) is 18.9. The first-order chi connectivity index (χ1) is 13.3. The molecule has 0 spiro atoms. The maximum atomic E-state index is 5.39. The first-order valence-corrected chi connectivity index (χ1v) is 9.80. The Morgan fingerprint density at radius 2 is 1.93 bits per heavy atom. The molecule has 0 radical (unpaired) electrons. The Balaban J connectivity index is 1.60. The molecule has 1 aromatic carbocycles. The first-order valence-electron chi connectivity index (χ1n) is 9.80. The molecule has 0 bridgehead atoms. The number of ether oxygens (including phenoxy) is 1. The van der Waals surface area contributed by atoms with E-state index in [-0.39, 0.29) is 0 Å². The fourth-order valence-corrected chi connectivity index (χ4v) is 3.07. The van der Waals surface area contributed by atoms with E-state index in [0.29, 0.717) is 5.82 Å². The number of hydrazone groups is 1. The summed E-state index contributed by atoms with van der Waals surface area (Å²) in [5, 5.41) is 4.49. The summed E-state index contributed by atoms with van der Waals surface area (Å²) in [6.07, 6.45) is 6.52. The predicted molar refractivity (Wildman–Crippen MR) is 111 cm³/mol. The molecule has 6 nitrogen and oxygen atoms in total. The van der Waals surface area contributed by atoms with Gasteiger partial charge in [-0.05, 0) is 30.9 Å². The number of morpholine rings is 1. The molecule has 0 aliphatic carbocycles. The molecular formula is C21H29N5O. The summed E-state index contributed by atoms with van der Waals surface area (Å²) in [4.78, 5) is 10.8. The van der Waals surface area contributed by atoms with Gasteiger partial charge in [0.15, 0.2) is 5.82 Å². The van der Waals surface area contributed by atoms with Crippen molar-refractivity contribution in [2.24, 2.45) is 5.10 Å². The number of benzene rings is 1. The fourth-order valence-electron chi connectivity index (χ4n) is 3.07. The van der Waals surface area contributed by atoms with Crippen LogP contribution in [0.2, 0.25) is 0 Å². The number of aromatic nitrogens is 2. The summed E-state index contributed by atoms with van der Waals surface area (Å²) in [5.74, 6) is 1.60. The van der Waals surface area contributed by atoms with Crippen LogP contribution in [0.25, 0.3) is 0 Å². The van der Waals surface area contributed by atoms with Crippen molar-refractivity contribution < 1.29 is 4.74 Å². The monoisotopic (exact) mass is 367 g/mol. The van der Waals surface area contributed by atoms with E-state index >= 15 is 0 Å². The second-order valence-corrected chi connectivity index (χ2v) is 6.82. The van der Waals surface area contributed by atoms with Crippen molar-refractivity contribution in [2.75, 3.05) is 36.6 Å². The molecule has 144 valence electrons. The van der Waals surface area contributed by atoms with Crippen LogP contribution in [-0.4, -0.2) is 42.0 Å². The van der Waals surface area contributed by atoms with Crippen LogP contribution in [0.5, 0.6) is 0 Å². The van der Waals surface area contributed by atoms with Crippen LogP contribution >= 0.6 is 0 Å². The van der Waals surface area contributed by atoms with Gasteiger partial charge in [0.05, 0.1) is 18.9 Å². The van der Waals surface area contributed by atoms with Crippen molar-refractivity contribution in [1.82, 2.24) is 9.97 Å². The topological polar surface area (TPSA) is 62.6 Å². The maximum absolute atomic E-state index is 5.39. The molecule has 6 heteroatoms. The van der Waals surface area contributed by atoms with Crippen LogP contribution in [0, 0.1) is 0 Å². The SMILES string of the molecule is CCCCCc1ccc(/C(C)=N/Nc2cc(N3CCOCC3)ncn2)cc1. The van der Waals surface area contributed by atoms with Gasteiger partial charge in [-0.1, -0.05) is 44.0 Å². The maximum Gasteiger partial charge on any atom is 0.151 e. The van der Waals surface area contributed by atoms with Crippen molar-refractivity contribution in [3.63, 3.8) is 0 Å². The molecule has 1 fully saturated rings. The Hall–Kier alpha value is -2.47. The van der Waals surface area contributed by atoms with Crippen LogP contribution in [0.3, 0.4) is 0 Å². The van der Waals surface area contributed by atoms with Gasteiger partial charge in [0, 0.05) is 19.2 Å². The number of hydrogen-bond acceptors (Lipinski definition) is 6. The number of nitrogens with one attached hydrogen (secondary N) is 1. The number of aryl methyl sites for hydroxylation is 1. The fraction of sp³-hybridized carbons (Fsp3) is 0.476. The summed E-state index contributed by atoms with van der Waals surface area (Å²) < 4.78 is 5.39. The quantitative estimate of drug-likeness (QED) is 0.436. The normalized spacial score (nSPS) is 15.0. The Morgan fingerprint density at radius 1 is 1.15 bits per heavy atom. The molecule has 1 aliphatic heterocycles. The van der Waals surface area contributed by atoms with Crippen LogP contribution in [-0.2, 0) is 11.2 Å².